The maximum absolute atomic E-state index is 11.4. The average Bonchev–Trinajstić information content (AvgIpc) is 2.36. The zero-order valence-electron chi connectivity index (χ0n) is 11.4. The standard InChI is InChI=1S/C14H21NO2S/c1-5-9(2)10(3)15-11-7-6-8-12(18-4)13(11)14(16)17/h6-10,15H,5H2,1-4H3,(H,16,17). The smallest absolute Gasteiger partial charge is 0.338 e. The number of anilines is 1. The van der Waals surface area contributed by atoms with Crippen molar-refractivity contribution in [1.29, 1.82) is 0 Å². The molecule has 0 saturated carbocycles. The van der Waals surface area contributed by atoms with Crippen molar-refractivity contribution < 1.29 is 9.90 Å². The van der Waals surface area contributed by atoms with E-state index in [4.69, 9.17) is 0 Å². The van der Waals surface area contributed by atoms with E-state index in [2.05, 4.69) is 26.1 Å². The van der Waals surface area contributed by atoms with Gasteiger partial charge >= 0.3 is 5.97 Å². The summed E-state index contributed by atoms with van der Waals surface area (Å²) < 4.78 is 0. The maximum atomic E-state index is 11.4. The number of rotatable bonds is 6. The first-order valence-corrected chi connectivity index (χ1v) is 7.40. The van der Waals surface area contributed by atoms with Crippen molar-refractivity contribution in [1.82, 2.24) is 0 Å². The molecule has 0 saturated heterocycles. The zero-order chi connectivity index (χ0) is 13.7. The predicted octanol–water partition coefficient (Wildman–Crippen LogP) is 3.95. The van der Waals surface area contributed by atoms with Crippen LogP contribution in [-0.4, -0.2) is 23.4 Å². The number of carboxylic acids is 1. The molecule has 0 aliphatic heterocycles. The predicted molar refractivity (Wildman–Crippen MR) is 77.7 cm³/mol. The minimum absolute atomic E-state index is 0.255. The van der Waals surface area contributed by atoms with Gasteiger partial charge in [-0.15, -0.1) is 11.8 Å². The Labute approximate surface area is 113 Å². The summed E-state index contributed by atoms with van der Waals surface area (Å²) in [5.41, 5.74) is 1.09. The molecule has 18 heavy (non-hydrogen) atoms. The molecule has 2 unspecified atom stereocenters. The molecule has 0 fully saturated rings. The number of carboxylic acid groups (broad SMARTS) is 1. The molecule has 0 radical (unpaired) electrons. The first-order chi connectivity index (χ1) is 8.51. The molecular weight excluding hydrogens is 246 g/mol. The molecule has 3 nitrogen and oxygen atoms in total. The molecule has 0 spiro atoms. The minimum atomic E-state index is -0.876. The van der Waals surface area contributed by atoms with E-state index in [0.717, 1.165) is 11.3 Å². The van der Waals surface area contributed by atoms with E-state index >= 15 is 0 Å². The van der Waals surface area contributed by atoms with Crippen LogP contribution < -0.4 is 5.32 Å². The molecule has 4 heteroatoms. The fourth-order valence-electron chi connectivity index (χ4n) is 1.78. The van der Waals surface area contributed by atoms with E-state index in [1.54, 1.807) is 0 Å². The van der Waals surface area contributed by atoms with Gasteiger partial charge in [0.1, 0.15) is 0 Å². The van der Waals surface area contributed by atoms with Crippen LogP contribution in [-0.2, 0) is 0 Å². The van der Waals surface area contributed by atoms with Crippen LogP contribution in [0.1, 0.15) is 37.6 Å². The van der Waals surface area contributed by atoms with Crippen LogP contribution in [0.15, 0.2) is 23.1 Å². The van der Waals surface area contributed by atoms with Crippen LogP contribution in [0.4, 0.5) is 5.69 Å². The summed E-state index contributed by atoms with van der Waals surface area (Å²) in [4.78, 5) is 12.2. The molecule has 2 atom stereocenters. The highest BCUT2D eigenvalue weighted by Gasteiger charge is 2.18. The largest absolute Gasteiger partial charge is 0.478 e. The van der Waals surface area contributed by atoms with Gasteiger partial charge in [-0.1, -0.05) is 26.3 Å². The highest BCUT2D eigenvalue weighted by atomic mass is 32.2. The minimum Gasteiger partial charge on any atom is -0.478 e. The Morgan fingerprint density at radius 2 is 2.11 bits per heavy atom. The highest BCUT2D eigenvalue weighted by molar-refractivity contribution is 7.98. The van der Waals surface area contributed by atoms with Crippen molar-refractivity contribution in [2.24, 2.45) is 5.92 Å². The second-order valence-electron chi connectivity index (χ2n) is 4.51. The number of aromatic carboxylic acids is 1. The Kier molecular flexibility index (Phi) is 5.54. The summed E-state index contributed by atoms with van der Waals surface area (Å²) >= 11 is 1.46. The second-order valence-corrected chi connectivity index (χ2v) is 5.35. The van der Waals surface area contributed by atoms with Gasteiger partial charge in [-0.25, -0.2) is 4.79 Å². The van der Waals surface area contributed by atoms with Crippen LogP contribution >= 0.6 is 11.8 Å². The van der Waals surface area contributed by atoms with E-state index in [1.165, 1.54) is 11.8 Å². The molecule has 0 bridgehead atoms. The van der Waals surface area contributed by atoms with Crippen molar-refractivity contribution in [2.75, 3.05) is 11.6 Å². The molecule has 1 rings (SSSR count). The van der Waals surface area contributed by atoms with E-state index in [9.17, 15) is 9.90 Å². The number of thioether (sulfide) groups is 1. The Balaban J connectivity index is 3.05. The van der Waals surface area contributed by atoms with Crippen molar-refractivity contribution >= 4 is 23.4 Å². The second kappa shape index (κ2) is 6.69. The van der Waals surface area contributed by atoms with Crippen molar-refractivity contribution in [2.45, 2.75) is 38.1 Å². The Bertz CT molecular complexity index is 420. The van der Waals surface area contributed by atoms with Gasteiger partial charge in [0.05, 0.1) is 11.3 Å². The summed E-state index contributed by atoms with van der Waals surface area (Å²) in [6.45, 7) is 6.39. The first kappa shape index (κ1) is 14.9. The number of hydrogen-bond acceptors (Lipinski definition) is 3. The number of hydrogen-bond donors (Lipinski definition) is 2. The maximum Gasteiger partial charge on any atom is 0.338 e. The summed E-state index contributed by atoms with van der Waals surface area (Å²) in [5, 5.41) is 12.7. The van der Waals surface area contributed by atoms with Crippen molar-refractivity contribution in [3.05, 3.63) is 23.8 Å². The normalized spacial score (nSPS) is 14.0. The van der Waals surface area contributed by atoms with Crippen molar-refractivity contribution in [3.63, 3.8) is 0 Å². The Morgan fingerprint density at radius 1 is 1.44 bits per heavy atom. The average molecular weight is 267 g/mol. The highest BCUT2D eigenvalue weighted by Crippen LogP contribution is 2.28. The van der Waals surface area contributed by atoms with Crippen LogP contribution in [0.25, 0.3) is 0 Å². The summed E-state index contributed by atoms with van der Waals surface area (Å²) in [5.74, 6) is -0.372. The fraction of sp³-hybridized carbons (Fsp3) is 0.500. The van der Waals surface area contributed by atoms with Crippen LogP contribution in [0, 0.1) is 5.92 Å². The van der Waals surface area contributed by atoms with Gasteiger partial charge < -0.3 is 10.4 Å². The molecule has 1 aromatic rings. The lowest BCUT2D eigenvalue weighted by Crippen LogP contribution is -2.24. The Morgan fingerprint density at radius 3 is 2.61 bits per heavy atom. The molecule has 1 aromatic carbocycles. The van der Waals surface area contributed by atoms with Crippen LogP contribution in [0.5, 0.6) is 0 Å². The van der Waals surface area contributed by atoms with Gasteiger partial charge in [0.15, 0.2) is 0 Å². The summed E-state index contributed by atoms with van der Waals surface area (Å²) in [6, 6.07) is 5.82. The third kappa shape index (κ3) is 3.42. The number of carbonyl (C=O) groups is 1. The lowest BCUT2D eigenvalue weighted by molar-refractivity contribution is 0.0694. The summed E-state index contributed by atoms with van der Waals surface area (Å²) in [6.07, 6.45) is 2.96. The van der Waals surface area contributed by atoms with E-state index in [1.807, 2.05) is 24.5 Å². The molecule has 0 amide bonds. The lowest BCUT2D eigenvalue weighted by Gasteiger charge is -2.22. The van der Waals surface area contributed by atoms with Crippen LogP contribution in [0.3, 0.4) is 0 Å². The van der Waals surface area contributed by atoms with Gasteiger partial charge in [-0.05, 0) is 31.2 Å². The van der Waals surface area contributed by atoms with Gasteiger partial charge in [0, 0.05) is 10.9 Å². The molecule has 0 heterocycles. The fourth-order valence-corrected chi connectivity index (χ4v) is 2.40. The molecule has 100 valence electrons. The van der Waals surface area contributed by atoms with E-state index in [0.29, 0.717) is 17.2 Å². The number of benzene rings is 1. The quantitative estimate of drug-likeness (QED) is 0.766. The van der Waals surface area contributed by atoms with E-state index in [-0.39, 0.29) is 6.04 Å². The topological polar surface area (TPSA) is 49.3 Å². The third-order valence-corrected chi connectivity index (χ3v) is 4.12. The van der Waals surface area contributed by atoms with Gasteiger partial charge in [-0.3, -0.25) is 0 Å². The zero-order valence-corrected chi connectivity index (χ0v) is 12.2. The van der Waals surface area contributed by atoms with Gasteiger partial charge in [-0.2, -0.15) is 0 Å². The Hall–Kier alpha value is -1.16. The SMILES string of the molecule is CCC(C)C(C)Nc1cccc(SC)c1C(=O)O. The van der Waals surface area contributed by atoms with Crippen LogP contribution in [0.2, 0.25) is 0 Å². The molecule has 0 aliphatic rings. The molecule has 0 aromatic heterocycles. The van der Waals surface area contributed by atoms with E-state index < -0.39 is 5.97 Å². The third-order valence-electron chi connectivity index (χ3n) is 3.34. The molecule has 0 aliphatic carbocycles. The van der Waals surface area contributed by atoms with Gasteiger partial charge in [0.25, 0.3) is 0 Å². The number of nitrogens with one attached hydrogen (secondary N) is 1. The first-order valence-electron chi connectivity index (χ1n) is 6.18. The lowest BCUT2D eigenvalue weighted by atomic mass is 10.00. The monoisotopic (exact) mass is 267 g/mol. The van der Waals surface area contributed by atoms with Gasteiger partial charge in [0.2, 0.25) is 0 Å². The molecular formula is C14H21NO2S. The summed E-state index contributed by atoms with van der Waals surface area (Å²) in [7, 11) is 0. The van der Waals surface area contributed by atoms with Crippen molar-refractivity contribution in [3.8, 4) is 0 Å². The molecule has 2 N–H and O–H groups in total.